The monoisotopic (exact) mass is 393 g/mol. The lowest BCUT2D eigenvalue weighted by Gasteiger charge is -2.27. The van der Waals surface area contributed by atoms with E-state index in [1.807, 2.05) is 42.6 Å². The molecule has 1 aromatic heterocycles. The van der Waals surface area contributed by atoms with Crippen molar-refractivity contribution in [2.45, 2.75) is 12.5 Å². The lowest BCUT2D eigenvalue weighted by atomic mass is 9.92. The number of nitrogens with one attached hydrogen (secondary N) is 2. The van der Waals surface area contributed by atoms with Gasteiger partial charge in [-0.2, -0.15) is 0 Å². The Labute approximate surface area is 168 Å². The number of anilines is 1. The first kappa shape index (κ1) is 18.9. The summed E-state index contributed by atoms with van der Waals surface area (Å²) in [5.74, 6) is 0.262. The van der Waals surface area contributed by atoms with Crippen molar-refractivity contribution < 1.29 is 19.1 Å². The fourth-order valence-corrected chi connectivity index (χ4v) is 4.04. The van der Waals surface area contributed by atoms with Crippen molar-refractivity contribution in [1.29, 1.82) is 0 Å². The summed E-state index contributed by atoms with van der Waals surface area (Å²) in [5.41, 5.74) is 2.37. The number of benzene rings is 2. The molecule has 7 nitrogen and oxygen atoms in total. The summed E-state index contributed by atoms with van der Waals surface area (Å²) < 4.78 is 10.9. The summed E-state index contributed by atoms with van der Waals surface area (Å²) in [6, 6.07) is 12.7. The summed E-state index contributed by atoms with van der Waals surface area (Å²) in [4.78, 5) is 30.4. The average Bonchev–Trinajstić information content (AvgIpc) is 3.31. The topological polar surface area (TPSA) is 83.7 Å². The number of H-pyrrole nitrogens is 1. The number of para-hydroxylation sites is 1. The van der Waals surface area contributed by atoms with E-state index in [4.69, 9.17) is 9.47 Å². The highest BCUT2D eigenvalue weighted by atomic mass is 16.5. The molecule has 0 radical (unpaired) electrons. The molecule has 0 spiro atoms. The quantitative estimate of drug-likeness (QED) is 0.696. The molecule has 1 aliphatic heterocycles. The van der Waals surface area contributed by atoms with Crippen molar-refractivity contribution in [2.24, 2.45) is 5.92 Å². The van der Waals surface area contributed by atoms with Gasteiger partial charge in [-0.05, 0) is 29.7 Å². The zero-order valence-corrected chi connectivity index (χ0v) is 16.6. The third-order valence-electron chi connectivity index (χ3n) is 5.50. The average molecular weight is 393 g/mol. The zero-order chi connectivity index (χ0) is 20.5. The predicted octanol–water partition coefficient (Wildman–Crippen LogP) is 3.34. The Morgan fingerprint density at radius 3 is 2.76 bits per heavy atom. The van der Waals surface area contributed by atoms with Gasteiger partial charge in [-0.1, -0.05) is 18.2 Å². The van der Waals surface area contributed by atoms with E-state index in [-0.39, 0.29) is 18.2 Å². The van der Waals surface area contributed by atoms with Crippen molar-refractivity contribution in [1.82, 2.24) is 9.88 Å². The SMILES string of the molecule is COc1cccc(C2C(C(=O)Nc3ccc4cc[nH]c4c3)CC(=O)N2C)c1OC. The van der Waals surface area contributed by atoms with Gasteiger partial charge in [0.15, 0.2) is 11.5 Å². The van der Waals surface area contributed by atoms with Crippen LogP contribution in [0.1, 0.15) is 18.0 Å². The first-order valence-corrected chi connectivity index (χ1v) is 9.38. The number of carbonyl (C=O) groups is 2. The summed E-state index contributed by atoms with van der Waals surface area (Å²) in [6.45, 7) is 0. The van der Waals surface area contributed by atoms with E-state index < -0.39 is 12.0 Å². The van der Waals surface area contributed by atoms with Gasteiger partial charge in [0.25, 0.3) is 0 Å². The predicted molar refractivity (Wildman–Crippen MR) is 110 cm³/mol. The first-order chi connectivity index (χ1) is 14.0. The van der Waals surface area contributed by atoms with E-state index in [0.717, 1.165) is 16.5 Å². The van der Waals surface area contributed by atoms with Crippen LogP contribution in [0.3, 0.4) is 0 Å². The van der Waals surface area contributed by atoms with Crippen LogP contribution >= 0.6 is 0 Å². The van der Waals surface area contributed by atoms with Crippen LogP contribution in [0, 0.1) is 5.92 Å². The summed E-state index contributed by atoms with van der Waals surface area (Å²) in [7, 11) is 4.83. The molecule has 3 aromatic rings. The van der Waals surface area contributed by atoms with Crippen molar-refractivity contribution in [3.63, 3.8) is 0 Å². The van der Waals surface area contributed by atoms with E-state index >= 15 is 0 Å². The highest BCUT2D eigenvalue weighted by molar-refractivity contribution is 5.99. The third kappa shape index (κ3) is 3.29. The van der Waals surface area contributed by atoms with E-state index in [2.05, 4.69) is 10.3 Å². The first-order valence-electron chi connectivity index (χ1n) is 9.38. The van der Waals surface area contributed by atoms with Crippen LogP contribution in [0.2, 0.25) is 0 Å². The largest absolute Gasteiger partial charge is 0.493 e. The van der Waals surface area contributed by atoms with Gasteiger partial charge >= 0.3 is 0 Å². The molecule has 0 aliphatic carbocycles. The number of nitrogens with zero attached hydrogens (tertiary/aromatic N) is 1. The third-order valence-corrected chi connectivity index (χ3v) is 5.50. The Bertz CT molecular complexity index is 1070. The maximum Gasteiger partial charge on any atom is 0.230 e. The molecule has 1 saturated heterocycles. The fourth-order valence-electron chi connectivity index (χ4n) is 4.04. The number of hydrogen-bond donors (Lipinski definition) is 2. The lowest BCUT2D eigenvalue weighted by molar-refractivity contribution is -0.128. The van der Waals surface area contributed by atoms with Crippen LogP contribution in [0.25, 0.3) is 10.9 Å². The minimum Gasteiger partial charge on any atom is -0.493 e. The molecule has 1 fully saturated rings. The number of likely N-dealkylation sites (tertiary alicyclic amines) is 1. The second-order valence-electron chi connectivity index (χ2n) is 7.11. The molecule has 150 valence electrons. The number of aromatic amines is 1. The number of rotatable bonds is 5. The Balaban J connectivity index is 1.66. The van der Waals surface area contributed by atoms with E-state index in [0.29, 0.717) is 17.2 Å². The molecular formula is C22H23N3O4. The molecule has 7 heteroatoms. The van der Waals surface area contributed by atoms with E-state index in [1.165, 1.54) is 0 Å². The normalized spacial score (nSPS) is 18.9. The Morgan fingerprint density at radius 1 is 1.17 bits per heavy atom. The highest BCUT2D eigenvalue weighted by Gasteiger charge is 2.44. The molecule has 0 saturated carbocycles. The number of ether oxygens (including phenoxy) is 2. The van der Waals surface area contributed by atoms with E-state index in [9.17, 15) is 9.59 Å². The maximum absolute atomic E-state index is 13.1. The second-order valence-corrected chi connectivity index (χ2v) is 7.11. The van der Waals surface area contributed by atoms with Crippen molar-refractivity contribution in [2.75, 3.05) is 26.6 Å². The Hall–Kier alpha value is -3.48. The number of carbonyl (C=O) groups excluding carboxylic acids is 2. The zero-order valence-electron chi connectivity index (χ0n) is 16.6. The van der Waals surface area contributed by atoms with Crippen LogP contribution in [0.5, 0.6) is 11.5 Å². The van der Waals surface area contributed by atoms with Gasteiger partial charge < -0.3 is 24.7 Å². The Kier molecular flexibility index (Phi) is 4.88. The molecule has 2 amide bonds. The lowest BCUT2D eigenvalue weighted by Crippen LogP contribution is -2.30. The number of aromatic nitrogens is 1. The number of fused-ring (bicyclic) bond motifs is 1. The molecule has 2 aromatic carbocycles. The van der Waals surface area contributed by atoms with Gasteiger partial charge in [0.2, 0.25) is 11.8 Å². The summed E-state index contributed by atoms with van der Waals surface area (Å²) in [5, 5.41) is 4.03. The van der Waals surface area contributed by atoms with Gasteiger partial charge in [0, 0.05) is 36.4 Å². The number of hydrogen-bond acceptors (Lipinski definition) is 4. The van der Waals surface area contributed by atoms with Crippen molar-refractivity contribution in [3.05, 3.63) is 54.2 Å². The second kappa shape index (κ2) is 7.50. The van der Waals surface area contributed by atoms with Crippen LogP contribution in [-0.4, -0.2) is 43.0 Å². The van der Waals surface area contributed by atoms with Crippen LogP contribution < -0.4 is 14.8 Å². The Morgan fingerprint density at radius 2 is 2.00 bits per heavy atom. The van der Waals surface area contributed by atoms with Crippen molar-refractivity contribution >= 4 is 28.4 Å². The molecule has 2 atom stereocenters. The molecule has 29 heavy (non-hydrogen) atoms. The van der Waals surface area contributed by atoms with Crippen LogP contribution in [-0.2, 0) is 9.59 Å². The van der Waals surface area contributed by atoms with Gasteiger partial charge in [-0.3, -0.25) is 9.59 Å². The molecular weight excluding hydrogens is 370 g/mol. The van der Waals surface area contributed by atoms with Gasteiger partial charge in [0.1, 0.15) is 0 Å². The summed E-state index contributed by atoms with van der Waals surface area (Å²) >= 11 is 0. The standard InChI is InChI=1S/C22H23N3O4/c1-25-19(26)12-16(20(25)15-5-4-6-18(28-2)21(15)29-3)22(27)24-14-8-7-13-9-10-23-17(13)11-14/h4-11,16,20,23H,12H2,1-3H3,(H,24,27). The van der Waals surface area contributed by atoms with E-state index in [1.54, 1.807) is 32.2 Å². The molecule has 0 bridgehead atoms. The van der Waals surface area contributed by atoms with Gasteiger partial charge in [-0.25, -0.2) is 0 Å². The highest BCUT2D eigenvalue weighted by Crippen LogP contribution is 2.44. The molecule has 2 heterocycles. The van der Waals surface area contributed by atoms with Crippen LogP contribution in [0.4, 0.5) is 5.69 Å². The van der Waals surface area contributed by atoms with Crippen molar-refractivity contribution in [3.8, 4) is 11.5 Å². The number of methoxy groups -OCH3 is 2. The maximum atomic E-state index is 13.1. The minimum absolute atomic E-state index is 0.0835. The molecule has 2 unspecified atom stereocenters. The minimum atomic E-state index is -0.548. The molecule has 1 aliphatic rings. The fraction of sp³-hybridized carbons (Fsp3) is 0.273. The van der Waals surface area contributed by atoms with Gasteiger partial charge in [0.05, 0.1) is 26.2 Å². The summed E-state index contributed by atoms with van der Waals surface area (Å²) in [6.07, 6.45) is 1.99. The smallest absolute Gasteiger partial charge is 0.230 e. The number of amides is 2. The van der Waals surface area contributed by atoms with Gasteiger partial charge in [-0.15, -0.1) is 0 Å². The molecule has 2 N–H and O–H groups in total. The van der Waals surface area contributed by atoms with Crippen LogP contribution in [0.15, 0.2) is 48.7 Å². The molecule has 4 rings (SSSR count).